The van der Waals surface area contributed by atoms with Gasteiger partial charge >= 0.3 is 15.5 Å². The van der Waals surface area contributed by atoms with E-state index in [0.29, 0.717) is 45.9 Å². The van der Waals surface area contributed by atoms with Gasteiger partial charge < -0.3 is 0 Å². The highest BCUT2D eigenvalue weighted by Crippen LogP contribution is 2.45. The molecule has 29 heavy (non-hydrogen) atoms. The highest BCUT2D eigenvalue weighted by molar-refractivity contribution is 7.51. The molecule has 0 aliphatic carbocycles. The standard InChI is InChI=1S/C19H44N2O6P2/c1-16(2)12-24-28(22,25-13-17(3)4)20-10-9-11-21-29(23,26-14-18(5)6)27-15-19(7)8/h16-19H,9-15H2,1-8H3,(H,20,22)(H,21,23). The van der Waals surface area contributed by atoms with Gasteiger partial charge in [-0.05, 0) is 30.1 Å². The van der Waals surface area contributed by atoms with Gasteiger partial charge in [0.1, 0.15) is 0 Å². The maximum absolute atomic E-state index is 12.9. The lowest BCUT2D eigenvalue weighted by atomic mass is 10.2. The Labute approximate surface area is 178 Å². The minimum Gasteiger partial charge on any atom is -0.297 e. The molecule has 0 aromatic heterocycles. The Kier molecular flexibility index (Phi) is 15.2. The fourth-order valence-corrected chi connectivity index (χ4v) is 5.12. The molecule has 0 saturated heterocycles. The topological polar surface area (TPSA) is 95.1 Å². The number of hydrogen-bond acceptors (Lipinski definition) is 6. The molecule has 0 aliphatic heterocycles. The van der Waals surface area contributed by atoms with E-state index in [1.165, 1.54) is 0 Å². The molecule has 0 fully saturated rings. The van der Waals surface area contributed by atoms with E-state index in [-0.39, 0.29) is 23.7 Å². The second-order valence-corrected chi connectivity index (χ2v) is 12.6. The number of rotatable bonds is 18. The first-order chi connectivity index (χ1) is 13.4. The van der Waals surface area contributed by atoms with Crippen LogP contribution in [0.15, 0.2) is 0 Å². The Morgan fingerprint density at radius 2 is 0.793 bits per heavy atom. The molecular weight excluding hydrogens is 414 g/mol. The molecule has 0 aliphatic rings. The molecule has 0 spiro atoms. The van der Waals surface area contributed by atoms with Crippen LogP contribution in [0.5, 0.6) is 0 Å². The van der Waals surface area contributed by atoms with Crippen molar-refractivity contribution in [2.24, 2.45) is 23.7 Å². The van der Waals surface area contributed by atoms with Crippen molar-refractivity contribution >= 4 is 15.5 Å². The summed E-state index contributed by atoms with van der Waals surface area (Å²) in [5.41, 5.74) is 0. The van der Waals surface area contributed by atoms with Crippen molar-refractivity contribution in [1.82, 2.24) is 10.2 Å². The van der Waals surface area contributed by atoms with Crippen LogP contribution in [0.3, 0.4) is 0 Å². The molecule has 0 atom stereocenters. The first-order valence-electron chi connectivity index (χ1n) is 10.7. The Bertz CT molecular complexity index is 439. The third kappa shape index (κ3) is 16.6. The second-order valence-electron chi connectivity index (χ2n) is 8.92. The molecule has 0 bridgehead atoms. The molecule has 0 aromatic carbocycles. The molecule has 0 saturated carbocycles. The van der Waals surface area contributed by atoms with Crippen molar-refractivity contribution < 1.29 is 27.2 Å². The number of nitrogens with one attached hydrogen (secondary N) is 2. The van der Waals surface area contributed by atoms with Crippen molar-refractivity contribution in [2.45, 2.75) is 61.8 Å². The smallest absolute Gasteiger partial charge is 0.297 e. The van der Waals surface area contributed by atoms with Crippen molar-refractivity contribution in [1.29, 1.82) is 0 Å². The van der Waals surface area contributed by atoms with Gasteiger partial charge in [0, 0.05) is 13.1 Å². The highest BCUT2D eigenvalue weighted by Gasteiger charge is 2.27. The maximum atomic E-state index is 12.9. The van der Waals surface area contributed by atoms with Gasteiger partial charge in [0.15, 0.2) is 0 Å². The van der Waals surface area contributed by atoms with Crippen LogP contribution < -0.4 is 10.2 Å². The van der Waals surface area contributed by atoms with Gasteiger partial charge in [0.05, 0.1) is 26.4 Å². The summed E-state index contributed by atoms with van der Waals surface area (Å²) < 4.78 is 47.8. The molecule has 10 heteroatoms. The van der Waals surface area contributed by atoms with Crippen LogP contribution in [-0.2, 0) is 27.2 Å². The van der Waals surface area contributed by atoms with Crippen molar-refractivity contribution in [3.8, 4) is 0 Å². The summed E-state index contributed by atoms with van der Waals surface area (Å²) in [6.45, 7) is 18.1. The normalized spacial score (nSPS) is 13.4. The third-order valence-electron chi connectivity index (χ3n) is 3.28. The fourth-order valence-electron chi connectivity index (χ4n) is 1.77. The fraction of sp³-hybridized carbons (Fsp3) is 1.00. The summed E-state index contributed by atoms with van der Waals surface area (Å²) in [7, 11) is -6.74. The summed E-state index contributed by atoms with van der Waals surface area (Å²) in [6, 6.07) is 0. The lowest BCUT2D eigenvalue weighted by molar-refractivity contribution is 0.164. The summed E-state index contributed by atoms with van der Waals surface area (Å²) in [4.78, 5) is 0. The zero-order chi connectivity index (χ0) is 22.5. The summed E-state index contributed by atoms with van der Waals surface area (Å²) in [5, 5.41) is 5.79. The van der Waals surface area contributed by atoms with E-state index in [2.05, 4.69) is 10.2 Å². The predicted molar refractivity (Wildman–Crippen MR) is 119 cm³/mol. The zero-order valence-corrected chi connectivity index (χ0v) is 21.4. The lowest BCUT2D eigenvalue weighted by Crippen LogP contribution is -2.24. The predicted octanol–water partition coefficient (Wildman–Crippen LogP) is 5.46. The molecule has 0 amide bonds. The van der Waals surface area contributed by atoms with Gasteiger partial charge in [-0.3, -0.25) is 18.1 Å². The average Bonchev–Trinajstić information content (AvgIpc) is 2.61. The monoisotopic (exact) mass is 458 g/mol. The third-order valence-corrected chi connectivity index (χ3v) is 6.45. The van der Waals surface area contributed by atoms with Gasteiger partial charge in [-0.15, -0.1) is 0 Å². The Morgan fingerprint density at radius 3 is 1.00 bits per heavy atom. The Balaban J connectivity index is 4.56. The van der Waals surface area contributed by atoms with E-state index < -0.39 is 15.5 Å². The van der Waals surface area contributed by atoms with Gasteiger partial charge in [-0.1, -0.05) is 55.4 Å². The second kappa shape index (κ2) is 15.1. The van der Waals surface area contributed by atoms with E-state index in [9.17, 15) is 9.13 Å². The molecule has 0 unspecified atom stereocenters. The largest absolute Gasteiger partial charge is 0.405 e. The van der Waals surface area contributed by atoms with Gasteiger partial charge in [-0.2, -0.15) is 0 Å². The molecule has 0 aromatic rings. The molecule has 0 radical (unpaired) electrons. The molecule has 2 N–H and O–H groups in total. The molecule has 0 heterocycles. The maximum Gasteiger partial charge on any atom is 0.405 e. The molecular formula is C19H44N2O6P2. The van der Waals surface area contributed by atoms with Crippen LogP contribution >= 0.6 is 15.5 Å². The van der Waals surface area contributed by atoms with E-state index in [4.69, 9.17) is 18.1 Å². The lowest BCUT2D eigenvalue weighted by Gasteiger charge is -2.23. The average molecular weight is 459 g/mol. The van der Waals surface area contributed by atoms with Gasteiger partial charge in [0.2, 0.25) is 0 Å². The van der Waals surface area contributed by atoms with Gasteiger partial charge in [0.25, 0.3) is 0 Å². The van der Waals surface area contributed by atoms with Crippen LogP contribution in [0.1, 0.15) is 61.8 Å². The summed E-state index contributed by atoms with van der Waals surface area (Å²) in [6.07, 6.45) is 0.556. The first-order valence-corrected chi connectivity index (χ1v) is 13.7. The van der Waals surface area contributed by atoms with E-state index in [0.717, 1.165) is 0 Å². The number of hydrogen-bond donors (Lipinski definition) is 2. The Hall–Kier alpha value is 0.220. The van der Waals surface area contributed by atoms with Crippen LogP contribution in [0.4, 0.5) is 0 Å². The van der Waals surface area contributed by atoms with Crippen LogP contribution in [0.25, 0.3) is 0 Å². The van der Waals surface area contributed by atoms with E-state index >= 15 is 0 Å². The van der Waals surface area contributed by atoms with E-state index in [1.54, 1.807) is 0 Å². The van der Waals surface area contributed by atoms with E-state index in [1.807, 2.05) is 55.4 Å². The van der Waals surface area contributed by atoms with Crippen LogP contribution in [-0.4, -0.2) is 39.5 Å². The molecule has 8 nitrogen and oxygen atoms in total. The highest BCUT2D eigenvalue weighted by atomic mass is 31.2. The van der Waals surface area contributed by atoms with Crippen LogP contribution in [0, 0.1) is 23.7 Å². The van der Waals surface area contributed by atoms with Gasteiger partial charge in [-0.25, -0.2) is 19.3 Å². The quantitative estimate of drug-likeness (QED) is 0.206. The van der Waals surface area contributed by atoms with Crippen LogP contribution in [0.2, 0.25) is 0 Å². The van der Waals surface area contributed by atoms with Crippen molar-refractivity contribution in [2.75, 3.05) is 39.5 Å². The zero-order valence-electron chi connectivity index (χ0n) is 19.6. The van der Waals surface area contributed by atoms with Crippen molar-refractivity contribution in [3.05, 3.63) is 0 Å². The first kappa shape index (κ1) is 29.2. The molecule has 0 rings (SSSR count). The SMILES string of the molecule is CC(C)COP(=O)(NCCCNP(=O)(OCC(C)C)OCC(C)C)OCC(C)C. The minimum atomic E-state index is -3.37. The summed E-state index contributed by atoms with van der Waals surface area (Å²) >= 11 is 0. The summed E-state index contributed by atoms with van der Waals surface area (Å²) in [5.74, 6) is 0.987. The van der Waals surface area contributed by atoms with Crippen molar-refractivity contribution in [3.63, 3.8) is 0 Å². The Morgan fingerprint density at radius 1 is 0.552 bits per heavy atom. The minimum absolute atomic E-state index is 0.247. The molecule has 176 valence electrons.